The minimum Gasteiger partial charge on any atom is -0.478 e. The molecule has 1 heterocycles. The summed E-state index contributed by atoms with van der Waals surface area (Å²) < 4.78 is 18.7. The minimum absolute atomic E-state index is 0.137. The number of anilines is 1. The van der Waals surface area contributed by atoms with Gasteiger partial charge in [-0.2, -0.15) is 0 Å². The number of halogens is 1. The maximum Gasteiger partial charge on any atom is 0.265 e. The van der Waals surface area contributed by atoms with E-state index in [1.54, 1.807) is 0 Å². The third-order valence-corrected chi connectivity index (χ3v) is 2.51. The SMILES string of the molecule is CCC1Oc2cc(F)c(CO)cc2NC1=O. The molecule has 1 aromatic rings. The van der Waals surface area contributed by atoms with Crippen LogP contribution in [0.25, 0.3) is 0 Å². The van der Waals surface area contributed by atoms with Crippen LogP contribution in [-0.2, 0) is 11.4 Å². The molecule has 0 aromatic heterocycles. The van der Waals surface area contributed by atoms with Crippen LogP contribution in [0.5, 0.6) is 5.75 Å². The standard InChI is InChI=1S/C11H12FNO3/c1-2-9-11(15)13-8-3-6(5-14)7(12)4-10(8)16-9/h3-4,9,14H,2,5H2,1H3,(H,13,15). The summed E-state index contributed by atoms with van der Waals surface area (Å²) in [5, 5.41) is 11.5. The average molecular weight is 225 g/mol. The van der Waals surface area contributed by atoms with Gasteiger partial charge in [-0.25, -0.2) is 4.39 Å². The van der Waals surface area contributed by atoms with Gasteiger partial charge in [0.1, 0.15) is 11.6 Å². The summed E-state index contributed by atoms with van der Waals surface area (Å²) in [7, 11) is 0. The molecule has 1 aliphatic heterocycles. The molecule has 1 amide bonds. The highest BCUT2D eigenvalue weighted by molar-refractivity contribution is 5.97. The predicted molar refractivity (Wildman–Crippen MR) is 55.7 cm³/mol. The van der Waals surface area contributed by atoms with Gasteiger partial charge in [0.25, 0.3) is 5.91 Å². The Balaban J connectivity index is 2.40. The Kier molecular flexibility index (Phi) is 2.78. The quantitative estimate of drug-likeness (QED) is 0.800. The summed E-state index contributed by atoms with van der Waals surface area (Å²) >= 11 is 0. The Labute approximate surface area is 92.0 Å². The molecule has 16 heavy (non-hydrogen) atoms. The van der Waals surface area contributed by atoms with Crippen LogP contribution in [0.1, 0.15) is 18.9 Å². The number of carbonyl (C=O) groups is 1. The van der Waals surface area contributed by atoms with Crippen molar-refractivity contribution in [2.75, 3.05) is 5.32 Å². The van der Waals surface area contributed by atoms with Crippen molar-refractivity contribution < 1.29 is 19.0 Å². The lowest BCUT2D eigenvalue weighted by molar-refractivity contribution is -0.123. The topological polar surface area (TPSA) is 58.6 Å². The van der Waals surface area contributed by atoms with Crippen LogP contribution < -0.4 is 10.1 Å². The molecule has 1 aliphatic rings. The number of nitrogens with one attached hydrogen (secondary N) is 1. The molecule has 0 aliphatic carbocycles. The van der Waals surface area contributed by atoms with Crippen LogP contribution in [0.4, 0.5) is 10.1 Å². The molecule has 0 saturated heterocycles. The van der Waals surface area contributed by atoms with Gasteiger partial charge in [0.2, 0.25) is 0 Å². The molecule has 0 saturated carbocycles. The number of aliphatic hydroxyl groups is 1. The van der Waals surface area contributed by atoms with Crippen molar-refractivity contribution in [3.8, 4) is 5.75 Å². The average Bonchev–Trinajstić information content (AvgIpc) is 2.28. The van der Waals surface area contributed by atoms with Gasteiger partial charge in [0.15, 0.2) is 6.10 Å². The van der Waals surface area contributed by atoms with Crippen molar-refractivity contribution in [2.24, 2.45) is 0 Å². The fourth-order valence-electron chi connectivity index (χ4n) is 1.60. The number of aliphatic hydroxyl groups excluding tert-OH is 1. The molecule has 2 N–H and O–H groups in total. The first-order chi connectivity index (χ1) is 7.65. The van der Waals surface area contributed by atoms with Crippen molar-refractivity contribution >= 4 is 11.6 Å². The summed E-state index contributed by atoms with van der Waals surface area (Å²) in [6, 6.07) is 2.57. The molecule has 5 heteroatoms. The maximum atomic E-state index is 13.4. The number of hydrogen-bond donors (Lipinski definition) is 2. The Morgan fingerprint density at radius 1 is 1.56 bits per heavy atom. The second-order valence-electron chi connectivity index (χ2n) is 3.60. The molecule has 0 bridgehead atoms. The van der Waals surface area contributed by atoms with Gasteiger partial charge in [-0.05, 0) is 12.5 Å². The zero-order valence-electron chi connectivity index (χ0n) is 8.79. The van der Waals surface area contributed by atoms with Crippen molar-refractivity contribution in [1.82, 2.24) is 0 Å². The van der Waals surface area contributed by atoms with Crippen LogP contribution in [0, 0.1) is 5.82 Å². The van der Waals surface area contributed by atoms with Crippen LogP contribution >= 0.6 is 0 Å². The van der Waals surface area contributed by atoms with E-state index < -0.39 is 18.5 Å². The Hall–Kier alpha value is -1.62. The Morgan fingerprint density at radius 3 is 2.94 bits per heavy atom. The summed E-state index contributed by atoms with van der Waals surface area (Å²) in [5.41, 5.74) is 0.540. The van der Waals surface area contributed by atoms with Gasteiger partial charge in [0.05, 0.1) is 12.3 Å². The van der Waals surface area contributed by atoms with Gasteiger partial charge in [0, 0.05) is 11.6 Å². The Bertz CT molecular complexity index is 433. The molecular weight excluding hydrogens is 213 g/mol. The maximum absolute atomic E-state index is 13.4. The van der Waals surface area contributed by atoms with E-state index in [2.05, 4.69) is 5.32 Å². The van der Waals surface area contributed by atoms with Crippen molar-refractivity contribution in [3.63, 3.8) is 0 Å². The third-order valence-electron chi connectivity index (χ3n) is 2.51. The van der Waals surface area contributed by atoms with Gasteiger partial charge < -0.3 is 15.2 Å². The normalized spacial score (nSPS) is 18.7. The van der Waals surface area contributed by atoms with Gasteiger partial charge in [-0.3, -0.25) is 4.79 Å². The summed E-state index contributed by atoms with van der Waals surface area (Å²) in [6.45, 7) is 1.40. The molecule has 0 radical (unpaired) electrons. The summed E-state index contributed by atoms with van der Waals surface area (Å²) in [6.07, 6.45) is -0.0545. The van der Waals surface area contributed by atoms with E-state index in [4.69, 9.17) is 9.84 Å². The van der Waals surface area contributed by atoms with Crippen LogP contribution in [0.15, 0.2) is 12.1 Å². The van der Waals surface area contributed by atoms with Crippen LogP contribution in [0.2, 0.25) is 0 Å². The van der Waals surface area contributed by atoms with E-state index in [-0.39, 0.29) is 11.5 Å². The molecule has 1 aromatic carbocycles. The van der Waals surface area contributed by atoms with Gasteiger partial charge in [-0.15, -0.1) is 0 Å². The van der Waals surface area contributed by atoms with Gasteiger partial charge in [-0.1, -0.05) is 6.92 Å². The van der Waals surface area contributed by atoms with Crippen LogP contribution in [0.3, 0.4) is 0 Å². The zero-order valence-corrected chi connectivity index (χ0v) is 8.79. The lowest BCUT2D eigenvalue weighted by Gasteiger charge is -2.25. The van der Waals surface area contributed by atoms with Crippen molar-refractivity contribution in [1.29, 1.82) is 0 Å². The highest BCUT2D eigenvalue weighted by atomic mass is 19.1. The summed E-state index contributed by atoms with van der Waals surface area (Å²) in [4.78, 5) is 11.5. The summed E-state index contributed by atoms with van der Waals surface area (Å²) in [5.74, 6) is -0.473. The fraction of sp³-hybridized carbons (Fsp3) is 0.364. The molecule has 0 fully saturated rings. The van der Waals surface area contributed by atoms with E-state index in [1.165, 1.54) is 12.1 Å². The number of ether oxygens (including phenoxy) is 1. The van der Waals surface area contributed by atoms with E-state index in [0.717, 1.165) is 0 Å². The minimum atomic E-state index is -0.577. The second-order valence-corrected chi connectivity index (χ2v) is 3.60. The smallest absolute Gasteiger partial charge is 0.265 e. The zero-order chi connectivity index (χ0) is 11.7. The Morgan fingerprint density at radius 2 is 2.31 bits per heavy atom. The van der Waals surface area contributed by atoms with Gasteiger partial charge >= 0.3 is 0 Å². The molecule has 1 atom stereocenters. The third kappa shape index (κ3) is 1.74. The monoisotopic (exact) mass is 225 g/mol. The first-order valence-corrected chi connectivity index (χ1v) is 5.06. The molecule has 0 spiro atoms. The number of amides is 1. The van der Waals surface area contributed by atoms with Crippen LogP contribution in [-0.4, -0.2) is 17.1 Å². The molecule has 1 unspecified atom stereocenters. The van der Waals surface area contributed by atoms with E-state index in [9.17, 15) is 9.18 Å². The first-order valence-electron chi connectivity index (χ1n) is 5.06. The highest BCUT2D eigenvalue weighted by Gasteiger charge is 2.27. The fourth-order valence-corrected chi connectivity index (χ4v) is 1.60. The molecule has 4 nitrogen and oxygen atoms in total. The first kappa shape index (κ1) is 10.9. The van der Waals surface area contributed by atoms with Crippen molar-refractivity contribution in [3.05, 3.63) is 23.5 Å². The largest absolute Gasteiger partial charge is 0.478 e. The molecule has 2 rings (SSSR count). The highest BCUT2D eigenvalue weighted by Crippen LogP contribution is 2.32. The molecular formula is C11H12FNO3. The second kappa shape index (κ2) is 4.09. The number of carbonyl (C=O) groups excluding carboxylic acids is 1. The number of fused-ring (bicyclic) bond motifs is 1. The number of hydrogen-bond acceptors (Lipinski definition) is 3. The van der Waals surface area contributed by atoms with Crippen molar-refractivity contribution in [2.45, 2.75) is 26.1 Å². The van der Waals surface area contributed by atoms with E-state index >= 15 is 0 Å². The van der Waals surface area contributed by atoms with E-state index in [0.29, 0.717) is 17.9 Å². The predicted octanol–water partition coefficient (Wildman–Crippen LogP) is 1.43. The number of benzene rings is 1. The molecule has 86 valence electrons. The lowest BCUT2D eigenvalue weighted by atomic mass is 10.1. The lowest BCUT2D eigenvalue weighted by Crippen LogP contribution is -2.36. The van der Waals surface area contributed by atoms with E-state index in [1.807, 2.05) is 6.92 Å². The number of rotatable bonds is 2.